The Morgan fingerprint density at radius 3 is 2.24 bits per heavy atom. The molecule has 33 heavy (non-hydrogen) atoms. The molecule has 0 aliphatic carbocycles. The summed E-state index contributed by atoms with van der Waals surface area (Å²) in [6, 6.07) is 17.7. The van der Waals surface area contributed by atoms with Gasteiger partial charge in [0, 0.05) is 19.9 Å². The van der Waals surface area contributed by atoms with Gasteiger partial charge in [-0.25, -0.2) is 9.78 Å². The minimum atomic E-state index is -1.04. The van der Waals surface area contributed by atoms with E-state index in [0.29, 0.717) is 16.4 Å². The number of anilines is 1. The quantitative estimate of drug-likeness (QED) is 0.173. The fourth-order valence-corrected chi connectivity index (χ4v) is 4.95. The molecule has 0 saturated heterocycles. The minimum absolute atomic E-state index is 0.0859. The Morgan fingerprint density at radius 2 is 1.67 bits per heavy atom. The van der Waals surface area contributed by atoms with Gasteiger partial charge in [0.2, 0.25) is 0 Å². The third-order valence-corrected chi connectivity index (χ3v) is 7.04. The summed E-state index contributed by atoms with van der Waals surface area (Å²) in [6.07, 6.45) is 0. The smallest absolute Gasteiger partial charge is 0.348 e. The van der Waals surface area contributed by atoms with Gasteiger partial charge < -0.3 is 15.5 Å². The van der Waals surface area contributed by atoms with E-state index in [2.05, 4.69) is 42.2 Å². The molecular formula is C24H19Br2N3O3S. The van der Waals surface area contributed by atoms with Crippen molar-refractivity contribution in [3.05, 3.63) is 68.4 Å². The van der Waals surface area contributed by atoms with Gasteiger partial charge >= 0.3 is 5.97 Å². The van der Waals surface area contributed by atoms with Crippen LogP contribution in [0, 0.1) is 0 Å². The van der Waals surface area contributed by atoms with E-state index < -0.39 is 5.97 Å². The van der Waals surface area contributed by atoms with Gasteiger partial charge in [0.1, 0.15) is 9.71 Å². The normalized spacial score (nSPS) is 11.7. The molecule has 0 aliphatic rings. The number of fused-ring (bicyclic) bond motifs is 1. The number of aliphatic imine (C=N–C) groups is 1. The number of nitrogens with zero attached hydrogens (tertiary/aromatic N) is 2. The first-order chi connectivity index (χ1) is 15.9. The Morgan fingerprint density at radius 1 is 1.06 bits per heavy atom. The third-order valence-electron chi connectivity index (χ3n) is 4.91. The van der Waals surface area contributed by atoms with Gasteiger partial charge in [-0.3, -0.25) is 4.99 Å². The largest absolute Gasteiger partial charge is 0.477 e. The lowest BCUT2D eigenvalue weighted by Gasteiger charge is -2.12. The molecule has 0 bridgehead atoms. The van der Waals surface area contributed by atoms with E-state index in [1.807, 2.05) is 54.6 Å². The summed E-state index contributed by atoms with van der Waals surface area (Å²) in [5.74, 6) is -0.521. The fourth-order valence-electron chi connectivity index (χ4n) is 3.43. The molecule has 9 heteroatoms. The molecule has 168 valence electrons. The van der Waals surface area contributed by atoms with E-state index in [9.17, 15) is 9.90 Å². The summed E-state index contributed by atoms with van der Waals surface area (Å²) < 4.78 is 1.92. The lowest BCUT2D eigenvalue weighted by Crippen LogP contribution is -2.11. The number of hydrogen-bond acceptors (Lipinski definition) is 5. The van der Waals surface area contributed by atoms with Crippen molar-refractivity contribution in [2.45, 2.75) is 6.92 Å². The van der Waals surface area contributed by atoms with Crippen LogP contribution in [0.5, 0.6) is 0 Å². The Kier molecular flexibility index (Phi) is 7.23. The molecule has 0 aliphatic heterocycles. The van der Waals surface area contributed by atoms with Gasteiger partial charge in [-0.2, -0.15) is 0 Å². The molecule has 0 saturated carbocycles. The van der Waals surface area contributed by atoms with E-state index in [1.165, 1.54) is 0 Å². The number of thiophene rings is 1. The van der Waals surface area contributed by atoms with Crippen LogP contribution in [0.2, 0.25) is 0 Å². The van der Waals surface area contributed by atoms with Crippen LogP contribution in [-0.4, -0.2) is 40.2 Å². The zero-order chi connectivity index (χ0) is 23.5. The molecule has 0 unspecified atom stereocenters. The Bertz CT molecular complexity index is 1350. The first kappa shape index (κ1) is 23.6. The van der Waals surface area contributed by atoms with Gasteiger partial charge in [0.15, 0.2) is 0 Å². The van der Waals surface area contributed by atoms with Crippen LogP contribution in [0.3, 0.4) is 0 Å². The average Bonchev–Trinajstić information content (AvgIpc) is 3.16. The number of aliphatic hydroxyl groups excluding tert-OH is 1. The number of amidine groups is 1. The number of pyridine rings is 1. The van der Waals surface area contributed by atoms with Crippen molar-refractivity contribution in [2.75, 3.05) is 18.5 Å². The second-order valence-corrected chi connectivity index (χ2v) is 10.0. The fraction of sp³-hybridized carbons (Fsp3) is 0.125. The molecular weight excluding hydrogens is 570 g/mol. The number of carboxylic acid groups (broad SMARTS) is 1. The molecule has 0 spiro atoms. The van der Waals surface area contributed by atoms with Crippen molar-refractivity contribution in [3.63, 3.8) is 0 Å². The molecule has 4 rings (SSSR count). The molecule has 2 aromatic heterocycles. The number of benzene rings is 2. The number of rotatable bonds is 6. The standard InChI is InChI=1S/C24H19Br2N3O3S/c1-13(27-10-11-30)28-21-20-18(14-2-6-16(25)7-3-14)12-19(15-4-8-17(26)9-5-15)29-23(20)33-22(21)24(31)32/h2-9,12,30H,10-11H2,1H3,(H,27,28)(H,31,32). The second kappa shape index (κ2) is 10.1. The molecule has 2 aromatic carbocycles. The van der Waals surface area contributed by atoms with E-state index in [4.69, 9.17) is 10.1 Å². The van der Waals surface area contributed by atoms with Crippen LogP contribution < -0.4 is 5.32 Å². The number of halogens is 2. The van der Waals surface area contributed by atoms with Crippen molar-refractivity contribution >= 4 is 70.9 Å². The topological polar surface area (TPSA) is 94.8 Å². The zero-order valence-electron chi connectivity index (χ0n) is 17.5. The second-order valence-electron chi connectivity index (χ2n) is 7.18. The molecule has 3 N–H and O–H groups in total. The third kappa shape index (κ3) is 5.16. The average molecular weight is 589 g/mol. The number of carbonyl (C=O) groups is 1. The Balaban J connectivity index is 2.00. The van der Waals surface area contributed by atoms with Crippen molar-refractivity contribution in [1.29, 1.82) is 0 Å². The summed E-state index contributed by atoms with van der Waals surface area (Å²) in [5.41, 5.74) is 3.94. The number of aliphatic hydroxyl groups is 1. The molecule has 0 fully saturated rings. The predicted octanol–water partition coefficient (Wildman–Crippen LogP) is 6.68. The number of nitrogens with one attached hydrogen (secondary N) is 1. The van der Waals surface area contributed by atoms with Crippen LogP contribution in [-0.2, 0) is 0 Å². The van der Waals surface area contributed by atoms with E-state index in [0.717, 1.165) is 48.1 Å². The van der Waals surface area contributed by atoms with Gasteiger partial charge in [-0.1, -0.05) is 56.1 Å². The molecule has 0 radical (unpaired) electrons. The monoisotopic (exact) mass is 587 g/mol. The maximum absolute atomic E-state index is 12.1. The van der Waals surface area contributed by atoms with Crippen LogP contribution >= 0.6 is 43.2 Å². The van der Waals surface area contributed by atoms with Crippen molar-refractivity contribution in [3.8, 4) is 22.4 Å². The predicted molar refractivity (Wildman–Crippen MR) is 142 cm³/mol. The molecule has 6 nitrogen and oxygen atoms in total. The summed E-state index contributed by atoms with van der Waals surface area (Å²) in [7, 11) is 0. The zero-order valence-corrected chi connectivity index (χ0v) is 21.5. The van der Waals surface area contributed by atoms with E-state index >= 15 is 0 Å². The molecule has 0 amide bonds. The van der Waals surface area contributed by atoms with E-state index in [1.54, 1.807) is 6.92 Å². The number of aromatic nitrogens is 1. The maximum atomic E-state index is 12.1. The van der Waals surface area contributed by atoms with Gasteiger partial charge in [0.05, 0.1) is 30.4 Å². The van der Waals surface area contributed by atoms with Crippen LogP contribution in [0.15, 0.2) is 68.5 Å². The lowest BCUT2D eigenvalue weighted by atomic mass is 9.99. The molecule has 4 aromatic rings. The van der Waals surface area contributed by atoms with Crippen LogP contribution in [0.4, 0.5) is 5.69 Å². The van der Waals surface area contributed by atoms with Gasteiger partial charge in [0.25, 0.3) is 0 Å². The summed E-state index contributed by atoms with van der Waals surface area (Å²) in [5, 5.41) is 22.9. The lowest BCUT2D eigenvalue weighted by molar-refractivity contribution is 0.0703. The van der Waals surface area contributed by atoms with Gasteiger partial charge in [-0.05, 0) is 48.4 Å². The highest BCUT2D eigenvalue weighted by molar-refractivity contribution is 9.10. The highest BCUT2D eigenvalue weighted by Crippen LogP contribution is 2.43. The van der Waals surface area contributed by atoms with Crippen molar-refractivity contribution in [2.24, 2.45) is 4.99 Å². The number of hydrogen-bond donors (Lipinski definition) is 3. The molecule has 0 atom stereocenters. The van der Waals surface area contributed by atoms with Crippen molar-refractivity contribution < 1.29 is 15.0 Å². The summed E-state index contributed by atoms with van der Waals surface area (Å²) in [6.45, 7) is 1.89. The highest BCUT2D eigenvalue weighted by Gasteiger charge is 2.23. The number of carboxylic acids is 1. The first-order valence-electron chi connectivity index (χ1n) is 9.99. The minimum Gasteiger partial charge on any atom is -0.477 e. The summed E-state index contributed by atoms with van der Waals surface area (Å²) >= 11 is 8.07. The highest BCUT2D eigenvalue weighted by atomic mass is 79.9. The maximum Gasteiger partial charge on any atom is 0.348 e. The van der Waals surface area contributed by atoms with Crippen LogP contribution in [0.25, 0.3) is 32.6 Å². The Labute approximate surface area is 211 Å². The Hall–Kier alpha value is -2.59. The van der Waals surface area contributed by atoms with Gasteiger partial charge in [-0.15, -0.1) is 11.3 Å². The van der Waals surface area contributed by atoms with Crippen molar-refractivity contribution in [1.82, 2.24) is 4.98 Å². The van der Waals surface area contributed by atoms with E-state index in [-0.39, 0.29) is 18.0 Å². The van der Waals surface area contributed by atoms with Crippen LogP contribution in [0.1, 0.15) is 16.6 Å². The first-order valence-corrected chi connectivity index (χ1v) is 12.4. The number of aromatic carboxylic acids is 1. The summed E-state index contributed by atoms with van der Waals surface area (Å²) in [4.78, 5) is 22.0. The molecule has 2 heterocycles. The SMILES string of the molecule is CC(=NCCO)Nc1c(C(=O)O)sc2nc(-c3ccc(Br)cc3)cc(-c3ccc(Br)cc3)c12.